The summed E-state index contributed by atoms with van der Waals surface area (Å²) in [6.45, 7) is 0.392. The molecule has 0 aliphatic carbocycles. The van der Waals surface area contributed by atoms with Crippen molar-refractivity contribution >= 4 is 16.7 Å². The van der Waals surface area contributed by atoms with E-state index in [1.807, 2.05) is 30.3 Å². The third kappa shape index (κ3) is 4.04. The first kappa shape index (κ1) is 19.2. The number of hydrogen-bond donors (Lipinski definition) is 3. The SMILES string of the molecule is COc1ccc(CNC(=O)C2CC(c3cccc4ccccc34)NN2)c(OC)c1. The molecule has 150 valence electrons. The van der Waals surface area contributed by atoms with Crippen LogP contribution >= 0.6 is 0 Å². The zero-order valence-corrected chi connectivity index (χ0v) is 16.6. The Kier molecular flexibility index (Phi) is 5.64. The number of carbonyl (C=O) groups is 1. The van der Waals surface area contributed by atoms with E-state index in [0.717, 1.165) is 11.3 Å². The van der Waals surface area contributed by atoms with Gasteiger partial charge in [0.15, 0.2) is 0 Å². The number of methoxy groups -OCH3 is 2. The molecule has 0 spiro atoms. The molecule has 1 amide bonds. The van der Waals surface area contributed by atoms with E-state index in [-0.39, 0.29) is 18.0 Å². The lowest BCUT2D eigenvalue weighted by Crippen LogP contribution is -2.42. The van der Waals surface area contributed by atoms with Gasteiger partial charge in [-0.1, -0.05) is 42.5 Å². The Morgan fingerprint density at radius 2 is 1.86 bits per heavy atom. The highest BCUT2D eigenvalue weighted by atomic mass is 16.5. The number of benzene rings is 3. The van der Waals surface area contributed by atoms with Crippen molar-refractivity contribution in [2.75, 3.05) is 14.2 Å². The Morgan fingerprint density at radius 1 is 1.03 bits per heavy atom. The van der Waals surface area contributed by atoms with Crippen LogP contribution in [-0.4, -0.2) is 26.2 Å². The highest BCUT2D eigenvalue weighted by Gasteiger charge is 2.30. The van der Waals surface area contributed by atoms with Crippen LogP contribution in [0.5, 0.6) is 11.5 Å². The molecule has 4 rings (SSSR count). The van der Waals surface area contributed by atoms with Crippen molar-refractivity contribution in [3.63, 3.8) is 0 Å². The van der Waals surface area contributed by atoms with Gasteiger partial charge in [-0.15, -0.1) is 0 Å². The van der Waals surface area contributed by atoms with Gasteiger partial charge in [-0.25, -0.2) is 10.9 Å². The summed E-state index contributed by atoms with van der Waals surface area (Å²) < 4.78 is 10.6. The van der Waals surface area contributed by atoms with Crippen molar-refractivity contribution in [1.29, 1.82) is 0 Å². The Morgan fingerprint density at radius 3 is 2.69 bits per heavy atom. The number of carbonyl (C=O) groups excluding carboxylic acids is 1. The summed E-state index contributed by atoms with van der Waals surface area (Å²) >= 11 is 0. The molecule has 6 nitrogen and oxygen atoms in total. The number of nitrogens with one attached hydrogen (secondary N) is 3. The Bertz CT molecular complexity index is 1020. The monoisotopic (exact) mass is 391 g/mol. The van der Waals surface area contributed by atoms with E-state index in [1.165, 1.54) is 16.3 Å². The molecule has 2 atom stereocenters. The number of hydrazine groups is 1. The van der Waals surface area contributed by atoms with Gasteiger partial charge < -0.3 is 14.8 Å². The molecular formula is C23H25N3O3. The smallest absolute Gasteiger partial charge is 0.238 e. The molecule has 1 heterocycles. The van der Waals surface area contributed by atoms with Crippen LogP contribution in [0.4, 0.5) is 0 Å². The van der Waals surface area contributed by atoms with E-state index < -0.39 is 0 Å². The Hall–Kier alpha value is -3.09. The van der Waals surface area contributed by atoms with E-state index in [9.17, 15) is 4.79 Å². The second-order valence-corrected chi connectivity index (χ2v) is 7.09. The van der Waals surface area contributed by atoms with Crippen molar-refractivity contribution in [3.8, 4) is 11.5 Å². The van der Waals surface area contributed by atoms with Crippen LogP contribution in [0.3, 0.4) is 0 Å². The van der Waals surface area contributed by atoms with Gasteiger partial charge in [0.25, 0.3) is 0 Å². The number of hydrogen-bond acceptors (Lipinski definition) is 5. The largest absolute Gasteiger partial charge is 0.497 e. The first-order chi connectivity index (χ1) is 14.2. The molecule has 3 aromatic rings. The van der Waals surface area contributed by atoms with Gasteiger partial charge in [-0.2, -0.15) is 0 Å². The lowest BCUT2D eigenvalue weighted by atomic mass is 9.96. The minimum atomic E-state index is -0.303. The fourth-order valence-electron chi connectivity index (χ4n) is 3.79. The van der Waals surface area contributed by atoms with Gasteiger partial charge in [-0.05, 0) is 34.9 Å². The summed E-state index contributed by atoms with van der Waals surface area (Å²) in [4.78, 5) is 12.7. The Balaban J connectivity index is 1.41. The number of rotatable bonds is 6. The standard InChI is InChI=1S/C23H25N3O3/c1-28-17-11-10-16(22(12-17)29-2)14-24-23(27)21-13-20(25-26-21)19-9-5-7-15-6-3-4-8-18(15)19/h3-12,20-21,25-26H,13-14H2,1-2H3,(H,24,27). The minimum absolute atomic E-state index is 0.0434. The second kappa shape index (κ2) is 8.51. The number of fused-ring (bicyclic) bond motifs is 1. The maximum atomic E-state index is 12.7. The fourth-order valence-corrected chi connectivity index (χ4v) is 3.79. The predicted octanol–water partition coefficient (Wildman–Crippen LogP) is 3.08. The van der Waals surface area contributed by atoms with Crippen LogP contribution in [0.25, 0.3) is 10.8 Å². The third-order valence-electron chi connectivity index (χ3n) is 5.37. The average molecular weight is 391 g/mol. The van der Waals surface area contributed by atoms with Crippen LogP contribution in [0.15, 0.2) is 60.7 Å². The summed E-state index contributed by atoms with van der Waals surface area (Å²) in [5.74, 6) is 1.37. The maximum Gasteiger partial charge on any atom is 0.238 e. The highest BCUT2D eigenvalue weighted by molar-refractivity contribution is 5.87. The zero-order valence-electron chi connectivity index (χ0n) is 16.6. The van der Waals surface area contributed by atoms with E-state index in [2.05, 4.69) is 46.5 Å². The molecule has 6 heteroatoms. The lowest BCUT2D eigenvalue weighted by Gasteiger charge is -2.14. The number of amides is 1. The molecular weight excluding hydrogens is 366 g/mol. The number of ether oxygens (including phenoxy) is 2. The van der Waals surface area contributed by atoms with E-state index in [4.69, 9.17) is 9.47 Å². The molecule has 3 N–H and O–H groups in total. The molecule has 0 saturated carbocycles. The second-order valence-electron chi connectivity index (χ2n) is 7.09. The summed E-state index contributed by atoms with van der Waals surface area (Å²) in [5.41, 5.74) is 8.52. The maximum absolute atomic E-state index is 12.7. The molecule has 1 aliphatic heterocycles. The van der Waals surface area contributed by atoms with Gasteiger partial charge in [0.05, 0.1) is 14.2 Å². The van der Waals surface area contributed by atoms with Crippen molar-refractivity contribution in [1.82, 2.24) is 16.2 Å². The molecule has 0 bridgehead atoms. The Labute approximate surface area is 170 Å². The molecule has 1 fully saturated rings. The van der Waals surface area contributed by atoms with Crippen LogP contribution in [0.2, 0.25) is 0 Å². The van der Waals surface area contributed by atoms with E-state index >= 15 is 0 Å². The van der Waals surface area contributed by atoms with Crippen LogP contribution < -0.4 is 25.6 Å². The lowest BCUT2D eigenvalue weighted by molar-refractivity contribution is -0.123. The molecule has 1 aliphatic rings. The molecule has 29 heavy (non-hydrogen) atoms. The molecule has 1 saturated heterocycles. The molecule has 2 unspecified atom stereocenters. The minimum Gasteiger partial charge on any atom is -0.497 e. The van der Waals surface area contributed by atoms with Crippen LogP contribution in [-0.2, 0) is 11.3 Å². The van der Waals surface area contributed by atoms with Gasteiger partial charge in [0.1, 0.15) is 17.5 Å². The first-order valence-corrected chi connectivity index (χ1v) is 9.67. The van der Waals surface area contributed by atoms with E-state index in [1.54, 1.807) is 14.2 Å². The van der Waals surface area contributed by atoms with E-state index in [0.29, 0.717) is 18.7 Å². The van der Waals surface area contributed by atoms with Crippen molar-refractivity contribution in [2.24, 2.45) is 0 Å². The topological polar surface area (TPSA) is 71.6 Å². The van der Waals surface area contributed by atoms with Crippen molar-refractivity contribution in [2.45, 2.75) is 25.0 Å². The molecule has 0 radical (unpaired) electrons. The third-order valence-corrected chi connectivity index (χ3v) is 5.37. The summed E-state index contributed by atoms with van der Waals surface area (Å²) in [7, 11) is 3.22. The molecule has 0 aromatic heterocycles. The summed E-state index contributed by atoms with van der Waals surface area (Å²) in [6, 6.07) is 19.9. The fraction of sp³-hybridized carbons (Fsp3) is 0.261. The van der Waals surface area contributed by atoms with Gasteiger partial charge in [0, 0.05) is 24.2 Å². The van der Waals surface area contributed by atoms with Crippen LogP contribution in [0, 0.1) is 0 Å². The summed E-state index contributed by atoms with van der Waals surface area (Å²) in [6.07, 6.45) is 0.680. The van der Waals surface area contributed by atoms with Gasteiger partial charge >= 0.3 is 0 Å². The normalized spacial score (nSPS) is 18.6. The first-order valence-electron chi connectivity index (χ1n) is 9.67. The summed E-state index contributed by atoms with van der Waals surface area (Å²) in [5, 5.41) is 5.41. The quantitative estimate of drug-likeness (QED) is 0.602. The van der Waals surface area contributed by atoms with Gasteiger partial charge in [-0.3, -0.25) is 4.79 Å². The van der Waals surface area contributed by atoms with Crippen LogP contribution in [0.1, 0.15) is 23.6 Å². The van der Waals surface area contributed by atoms with Gasteiger partial charge in [0.2, 0.25) is 5.91 Å². The predicted molar refractivity (Wildman–Crippen MR) is 113 cm³/mol. The zero-order chi connectivity index (χ0) is 20.2. The molecule has 3 aromatic carbocycles. The van der Waals surface area contributed by atoms with Crippen molar-refractivity contribution in [3.05, 3.63) is 71.8 Å². The highest BCUT2D eigenvalue weighted by Crippen LogP contribution is 2.29. The average Bonchev–Trinajstić information content (AvgIpc) is 3.27. The van der Waals surface area contributed by atoms with Crippen molar-refractivity contribution < 1.29 is 14.3 Å².